The van der Waals surface area contributed by atoms with E-state index < -0.39 is 41.1 Å². The molecule has 2 N–H and O–H groups in total. The van der Waals surface area contributed by atoms with Gasteiger partial charge in [-0.2, -0.15) is 26.3 Å². The van der Waals surface area contributed by atoms with E-state index in [1.165, 1.54) is 0 Å². The Labute approximate surface area is 301 Å². The molecule has 0 spiro atoms. The number of alkyl halides is 6. The summed E-state index contributed by atoms with van der Waals surface area (Å²) < 4.78 is 111. The lowest BCUT2D eigenvalue weighted by Crippen LogP contribution is -2.54. The summed E-state index contributed by atoms with van der Waals surface area (Å²) in [5, 5.41) is 20.9. The summed E-state index contributed by atoms with van der Waals surface area (Å²) in [4.78, 5) is 3.90. The van der Waals surface area contributed by atoms with Crippen molar-refractivity contribution in [3.8, 4) is 11.5 Å². The van der Waals surface area contributed by atoms with Crippen LogP contribution in [0, 0.1) is 0 Å². The summed E-state index contributed by atoms with van der Waals surface area (Å²) in [5.74, 6) is -0.149. The summed E-state index contributed by atoms with van der Waals surface area (Å²) in [7, 11) is 0. The number of benzene rings is 2. The second kappa shape index (κ2) is 16.5. The van der Waals surface area contributed by atoms with Crippen LogP contribution in [0.5, 0.6) is 11.5 Å². The Hall–Kier alpha value is -0.700. The summed E-state index contributed by atoms with van der Waals surface area (Å²) in [6, 6.07) is 2.85. The molecule has 2 aromatic carbocycles. The molecule has 18 heteroatoms. The molecule has 2 atom stereocenters. The minimum atomic E-state index is -5.86. The number of nitrogens with zero attached hydrogens (tertiary/aromatic N) is 2. The molecule has 2 heterocycles. The lowest BCUT2D eigenvalue weighted by atomic mass is 9.73. The van der Waals surface area contributed by atoms with Crippen LogP contribution in [0.1, 0.15) is 11.1 Å². The van der Waals surface area contributed by atoms with Crippen LogP contribution in [-0.4, -0.2) is 123 Å². The van der Waals surface area contributed by atoms with Gasteiger partial charge < -0.3 is 29.2 Å². The van der Waals surface area contributed by atoms with E-state index in [1.807, 2.05) is 9.80 Å². The van der Waals surface area contributed by atoms with Gasteiger partial charge in [0.15, 0.2) is 0 Å². The van der Waals surface area contributed by atoms with Crippen LogP contribution in [0.3, 0.4) is 0 Å². The third-order valence-electron chi connectivity index (χ3n) is 7.70. The van der Waals surface area contributed by atoms with Crippen LogP contribution in [0.25, 0.3) is 0 Å². The molecule has 0 amide bonds. The highest BCUT2D eigenvalue weighted by molar-refractivity contribution is 9.11. The van der Waals surface area contributed by atoms with Gasteiger partial charge in [0.1, 0.15) is 36.9 Å². The van der Waals surface area contributed by atoms with Gasteiger partial charge in [-0.15, -0.1) is 0 Å². The monoisotopic (exact) mass is 934 g/mol. The van der Waals surface area contributed by atoms with Gasteiger partial charge >= 0.3 is 12.4 Å². The molecule has 2 saturated heterocycles. The molecule has 264 valence electrons. The van der Waals surface area contributed by atoms with Crippen molar-refractivity contribution in [1.82, 2.24) is 9.80 Å². The van der Waals surface area contributed by atoms with Gasteiger partial charge in [-0.05, 0) is 99.1 Å². The third-order valence-corrected chi connectivity index (χ3v) is 10.1. The van der Waals surface area contributed by atoms with Crippen LogP contribution in [0.2, 0.25) is 0 Å². The van der Waals surface area contributed by atoms with E-state index in [4.69, 9.17) is 18.9 Å². The minimum Gasteiger partial charge on any atom is -0.488 e. The van der Waals surface area contributed by atoms with Gasteiger partial charge in [0.05, 0.1) is 44.3 Å². The first kappa shape index (κ1) is 39.1. The number of hydrogen-bond acceptors (Lipinski definition) is 8. The summed E-state index contributed by atoms with van der Waals surface area (Å²) >= 11 is 12.3. The minimum absolute atomic E-state index is 0.0743. The molecule has 0 bridgehead atoms. The fourth-order valence-corrected chi connectivity index (χ4v) is 8.27. The summed E-state index contributed by atoms with van der Waals surface area (Å²) in [6.07, 6.45) is -13.7. The standard InChI is InChI=1S/C29H32Br4F6N2O6/c30-21-9-17(10-22(31)25(21)46-15-19(42)13-40-1-5-44-6-2-40)27(28(34,35)36,29(37,38)39)18-11-23(32)26(24(33)12-18)47-16-20(43)14-41-3-7-45-8-4-41/h9-12,19-20,42-43H,1-8,13-16H2. The van der Waals surface area contributed by atoms with Crippen LogP contribution < -0.4 is 9.47 Å². The largest absolute Gasteiger partial charge is 0.488 e. The molecule has 0 saturated carbocycles. The Morgan fingerprint density at radius 3 is 1.19 bits per heavy atom. The fraction of sp³-hybridized carbons (Fsp3) is 0.586. The summed E-state index contributed by atoms with van der Waals surface area (Å²) in [5.41, 5.74) is -6.75. The highest BCUT2D eigenvalue weighted by Gasteiger charge is 2.73. The normalized spacial score (nSPS) is 18.6. The molecule has 4 rings (SSSR count). The Bertz CT molecular complexity index is 1210. The molecule has 2 aliphatic rings. The molecule has 0 aromatic heterocycles. The molecule has 2 unspecified atom stereocenters. The third kappa shape index (κ3) is 9.35. The second-order valence-corrected chi connectivity index (χ2v) is 14.5. The first-order valence-corrected chi connectivity index (χ1v) is 17.6. The van der Waals surface area contributed by atoms with E-state index in [0.717, 1.165) is 0 Å². The molecule has 0 radical (unpaired) electrons. The van der Waals surface area contributed by atoms with E-state index >= 15 is 0 Å². The van der Waals surface area contributed by atoms with Crippen molar-refractivity contribution in [3.63, 3.8) is 0 Å². The van der Waals surface area contributed by atoms with Gasteiger partial charge in [0, 0.05) is 39.3 Å². The molecule has 47 heavy (non-hydrogen) atoms. The van der Waals surface area contributed by atoms with Gasteiger partial charge in [-0.3, -0.25) is 9.80 Å². The number of aliphatic hydroxyl groups excluding tert-OH is 2. The van der Waals surface area contributed by atoms with Gasteiger partial charge in [-0.25, -0.2) is 0 Å². The Morgan fingerprint density at radius 2 is 0.915 bits per heavy atom. The summed E-state index contributed by atoms with van der Waals surface area (Å²) in [6.45, 7) is 4.41. The second-order valence-electron chi connectivity index (χ2n) is 11.0. The molecule has 2 aromatic rings. The van der Waals surface area contributed by atoms with Crippen LogP contribution in [0.15, 0.2) is 42.2 Å². The smallest absolute Gasteiger partial charge is 0.411 e. The first-order valence-electron chi connectivity index (χ1n) is 14.4. The van der Waals surface area contributed by atoms with Crippen molar-refractivity contribution in [2.75, 3.05) is 78.9 Å². The number of halogens is 10. The zero-order valence-electron chi connectivity index (χ0n) is 24.7. The average Bonchev–Trinajstić information content (AvgIpc) is 2.96. The van der Waals surface area contributed by atoms with Crippen LogP contribution in [-0.2, 0) is 14.9 Å². The van der Waals surface area contributed by atoms with Crippen molar-refractivity contribution >= 4 is 63.7 Å². The van der Waals surface area contributed by atoms with E-state index in [2.05, 4.69) is 63.7 Å². The molecule has 2 fully saturated rings. The highest BCUT2D eigenvalue weighted by Crippen LogP contribution is 2.58. The predicted octanol–water partition coefficient (Wildman–Crippen LogP) is 6.29. The van der Waals surface area contributed by atoms with Crippen LogP contribution >= 0.6 is 63.7 Å². The lowest BCUT2D eigenvalue weighted by molar-refractivity contribution is -0.288. The number of β-amino-alcohol motifs (C(OH)–C–C–N with tert-alkyl or cyclic N) is 2. The predicted molar refractivity (Wildman–Crippen MR) is 174 cm³/mol. The number of ether oxygens (including phenoxy) is 4. The quantitative estimate of drug-likeness (QED) is 0.241. The first-order chi connectivity index (χ1) is 22.0. The van der Waals surface area contributed by atoms with Gasteiger partial charge in [0.2, 0.25) is 5.41 Å². The maximum Gasteiger partial charge on any atom is 0.411 e. The number of hydrogen-bond donors (Lipinski definition) is 2. The molecular formula is C29H32Br4F6N2O6. The molecular weight excluding hydrogens is 906 g/mol. The van der Waals surface area contributed by atoms with Crippen molar-refractivity contribution < 1.29 is 55.5 Å². The number of morpholine rings is 2. The fourth-order valence-electron chi connectivity index (χ4n) is 5.44. The Balaban J connectivity index is 1.62. The number of aliphatic hydroxyl groups is 2. The molecule has 0 aliphatic carbocycles. The van der Waals surface area contributed by atoms with E-state index in [9.17, 15) is 36.6 Å². The van der Waals surface area contributed by atoms with Crippen molar-refractivity contribution in [2.24, 2.45) is 0 Å². The average molecular weight is 938 g/mol. The lowest BCUT2D eigenvalue weighted by Gasteiger charge is -2.39. The number of rotatable bonds is 12. The van der Waals surface area contributed by atoms with Crippen molar-refractivity contribution in [1.29, 1.82) is 0 Å². The maximum atomic E-state index is 15.0. The molecule has 2 aliphatic heterocycles. The zero-order chi connectivity index (χ0) is 34.6. The van der Waals surface area contributed by atoms with Crippen molar-refractivity contribution in [2.45, 2.75) is 30.0 Å². The van der Waals surface area contributed by atoms with E-state index in [0.29, 0.717) is 76.9 Å². The van der Waals surface area contributed by atoms with E-state index in [1.54, 1.807) is 0 Å². The zero-order valence-corrected chi connectivity index (χ0v) is 31.0. The van der Waals surface area contributed by atoms with E-state index in [-0.39, 0.29) is 55.7 Å². The Morgan fingerprint density at radius 1 is 0.617 bits per heavy atom. The van der Waals surface area contributed by atoms with Crippen LogP contribution in [0.4, 0.5) is 26.3 Å². The van der Waals surface area contributed by atoms with Crippen molar-refractivity contribution in [3.05, 3.63) is 53.3 Å². The van der Waals surface area contributed by atoms with Gasteiger partial charge in [0.25, 0.3) is 0 Å². The Kier molecular flexibility index (Phi) is 13.8. The van der Waals surface area contributed by atoms with Gasteiger partial charge in [-0.1, -0.05) is 0 Å². The topological polar surface area (TPSA) is 83.9 Å². The highest BCUT2D eigenvalue weighted by atomic mass is 79.9. The molecule has 8 nitrogen and oxygen atoms in total. The maximum absolute atomic E-state index is 15.0. The SMILES string of the molecule is OC(COc1c(Br)cc(C(c2cc(Br)c(OCC(O)CN3CCOCC3)c(Br)c2)(C(F)(F)F)C(F)(F)F)cc1Br)CN1CCOCC1.